The monoisotopic (exact) mass is 383 g/mol. The summed E-state index contributed by atoms with van der Waals surface area (Å²) in [4.78, 5) is 25.9. The third kappa shape index (κ3) is 4.02. The maximum absolute atomic E-state index is 12.6. The summed E-state index contributed by atoms with van der Waals surface area (Å²) in [7, 11) is 1.63. The van der Waals surface area contributed by atoms with Gasteiger partial charge in [-0.15, -0.1) is 0 Å². The highest BCUT2D eigenvalue weighted by molar-refractivity contribution is 5.91. The van der Waals surface area contributed by atoms with Crippen LogP contribution >= 0.6 is 0 Å². The fourth-order valence-electron chi connectivity index (χ4n) is 2.76. The summed E-state index contributed by atoms with van der Waals surface area (Å²) in [6.45, 7) is 5.49. The van der Waals surface area contributed by atoms with Crippen LogP contribution in [0, 0.1) is 0 Å². The first-order valence-corrected chi connectivity index (χ1v) is 9.18. The van der Waals surface area contributed by atoms with Crippen molar-refractivity contribution in [1.29, 1.82) is 0 Å². The largest absolute Gasteiger partial charge is 0.391 e. The first kappa shape index (κ1) is 19.9. The molecule has 0 aliphatic heterocycles. The van der Waals surface area contributed by atoms with Gasteiger partial charge in [-0.25, -0.2) is 9.97 Å². The SMILES string of the molecule is CCC(O)CNc1nc(-c2ccc(C(C)(C)O)nc2)cc2ncn(C)c(=O)c12. The number of pyridine rings is 2. The average molecular weight is 383 g/mol. The van der Waals surface area contributed by atoms with E-state index in [9.17, 15) is 15.0 Å². The van der Waals surface area contributed by atoms with Crippen LogP contribution in [0.4, 0.5) is 5.82 Å². The minimum atomic E-state index is -1.04. The lowest BCUT2D eigenvalue weighted by Gasteiger charge is -2.17. The zero-order valence-corrected chi connectivity index (χ0v) is 16.5. The van der Waals surface area contributed by atoms with E-state index in [1.54, 1.807) is 39.2 Å². The molecule has 1 atom stereocenters. The van der Waals surface area contributed by atoms with Gasteiger partial charge in [-0.3, -0.25) is 9.78 Å². The van der Waals surface area contributed by atoms with Crippen molar-refractivity contribution in [3.05, 3.63) is 46.8 Å². The number of aromatic nitrogens is 4. The number of hydrogen-bond donors (Lipinski definition) is 3. The van der Waals surface area contributed by atoms with Crippen molar-refractivity contribution >= 4 is 16.7 Å². The van der Waals surface area contributed by atoms with Crippen molar-refractivity contribution in [2.24, 2.45) is 7.05 Å². The van der Waals surface area contributed by atoms with E-state index in [2.05, 4.69) is 20.3 Å². The number of anilines is 1. The molecule has 0 amide bonds. The van der Waals surface area contributed by atoms with E-state index in [0.717, 1.165) is 5.56 Å². The maximum atomic E-state index is 12.6. The highest BCUT2D eigenvalue weighted by Gasteiger charge is 2.18. The Balaban J connectivity index is 2.11. The molecule has 28 heavy (non-hydrogen) atoms. The predicted molar refractivity (Wildman–Crippen MR) is 108 cm³/mol. The molecule has 0 saturated carbocycles. The summed E-state index contributed by atoms with van der Waals surface area (Å²) in [5.74, 6) is 0.375. The molecule has 0 saturated heterocycles. The first-order chi connectivity index (χ1) is 13.2. The standard InChI is InChI=1S/C20H25N5O3/c1-5-13(26)10-22-18-17-15(23-11-25(4)19(17)27)8-14(24-18)12-6-7-16(21-9-12)20(2,3)28/h6-9,11,13,26,28H,5,10H2,1-4H3,(H,22,24). The molecule has 0 radical (unpaired) electrons. The molecule has 8 heteroatoms. The second-order valence-corrected chi connectivity index (χ2v) is 7.34. The van der Waals surface area contributed by atoms with Gasteiger partial charge in [-0.2, -0.15) is 0 Å². The van der Waals surface area contributed by atoms with E-state index < -0.39 is 11.7 Å². The van der Waals surface area contributed by atoms with Gasteiger partial charge in [0.05, 0.1) is 29.3 Å². The average Bonchev–Trinajstić information content (AvgIpc) is 2.67. The van der Waals surface area contributed by atoms with Gasteiger partial charge >= 0.3 is 0 Å². The molecule has 0 aliphatic rings. The molecule has 3 heterocycles. The van der Waals surface area contributed by atoms with Gasteiger partial charge in [-0.05, 0) is 38.5 Å². The molecule has 3 aromatic rings. The second kappa shape index (κ2) is 7.65. The van der Waals surface area contributed by atoms with Gasteiger partial charge in [0.25, 0.3) is 5.56 Å². The van der Waals surface area contributed by atoms with Crippen LogP contribution in [0.1, 0.15) is 32.9 Å². The molecule has 1 unspecified atom stereocenters. The van der Waals surface area contributed by atoms with E-state index in [1.807, 2.05) is 13.0 Å². The highest BCUT2D eigenvalue weighted by atomic mass is 16.3. The number of nitrogens with one attached hydrogen (secondary N) is 1. The molecule has 148 valence electrons. The van der Waals surface area contributed by atoms with Crippen LogP contribution in [-0.4, -0.2) is 42.4 Å². The molecule has 3 N–H and O–H groups in total. The molecule has 0 aliphatic carbocycles. The topological polar surface area (TPSA) is 113 Å². The van der Waals surface area contributed by atoms with Crippen LogP contribution in [0.2, 0.25) is 0 Å². The number of aliphatic hydroxyl groups is 2. The van der Waals surface area contributed by atoms with E-state index in [-0.39, 0.29) is 12.1 Å². The number of nitrogens with zero attached hydrogens (tertiary/aromatic N) is 4. The van der Waals surface area contributed by atoms with Crippen LogP contribution in [-0.2, 0) is 12.6 Å². The zero-order valence-electron chi connectivity index (χ0n) is 16.5. The van der Waals surface area contributed by atoms with Crippen LogP contribution < -0.4 is 10.9 Å². The molecule has 0 bridgehead atoms. The van der Waals surface area contributed by atoms with E-state index in [1.165, 1.54) is 10.9 Å². The summed E-state index contributed by atoms with van der Waals surface area (Å²) < 4.78 is 1.39. The summed E-state index contributed by atoms with van der Waals surface area (Å²) in [6, 6.07) is 5.30. The quantitative estimate of drug-likeness (QED) is 0.595. The Labute approximate surface area is 162 Å². The Morgan fingerprint density at radius 1 is 1.29 bits per heavy atom. The number of hydrogen-bond acceptors (Lipinski definition) is 7. The molecular formula is C20H25N5O3. The van der Waals surface area contributed by atoms with Crippen molar-refractivity contribution in [1.82, 2.24) is 19.5 Å². The highest BCUT2D eigenvalue weighted by Crippen LogP contribution is 2.26. The van der Waals surface area contributed by atoms with Crippen LogP contribution in [0.5, 0.6) is 0 Å². The molecule has 3 rings (SSSR count). The van der Waals surface area contributed by atoms with Crippen LogP contribution in [0.3, 0.4) is 0 Å². The lowest BCUT2D eigenvalue weighted by molar-refractivity contribution is 0.0739. The molecule has 0 fully saturated rings. The normalized spacial score (nSPS) is 12.9. The minimum absolute atomic E-state index is 0.215. The minimum Gasteiger partial charge on any atom is -0.391 e. The van der Waals surface area contributed by atoms with E-state index >= 15 is 0 Å². The number of fused-ring (bicyclic) bond motifs is 1. The van der Waals surface area contributed by atoms with Crippen molar-refractivity contribution in [2.75, 3.05) is 11.9 Å². The predicted octanol–water partition coefficient (Wildman–Crippen LogP) is 1.80. The van der Waals surface area contributed by atoms with Gasteiger partial charge in [0.1, 0.15) is 16.8 Å². The van der Waals surface area contributed by atoms with Gasteiger partial charge < -0.3 is 20.1 Å². The fourth-order valence-corrected chi connectivity index (χ4v) is 2.76. The number of aryl methyl sites for hydroxylation is 1. The molecule has 8 nitrogen and oxygen atoms in total. The summed E-state index contributed by atoms with van der Waals surface area (Å²) in [5, 5.41) is 23.4. The van der Waals surface area contributed by atoms with Gasteiger partial charge in [-0.1, -0.05) is 6.92 Å². The summed E-state index contributed by atoms with van der Waals surface area (Å²) in [6.07, 6.45) is 3.14. The van der Waals surface area contributed by atoms with Crippen LogP contribution in [0.25, 0.3) is 22.2 Å². The second-order valence-electron chi connectivity index (χ2n) is 7.34. The molecule has 3 aromatic heterocycles. The summed E-state index contributed by atoms with van der Waals surface area (Å²) >= 11 is 0. The van der Waals surface area contributed by atoms with Crippen molar-refractivity contribution in [3.8, 4) is 11.3 Å². The number of rotatable bonds is 6. The lowest BCUT2D eigenvalue weighted by atomic mass is 10.0. The molecule has 0 spiro atoms. The molecule has 0 aromatic carbocycles. The Morgan fingerprint density at radius 2 is 2.04 bits per heavy atom. The Bertz CT molecular complexity index is 1040. The first-order valence-electron chi connectivity index (χ1n) is 9.18. The lowest BCUT2D eigenvalue weighted by Crippen LogP contribution is -2.23. The van der Waals surface area contributed by atoms with Crippen molar-refractivity contribution < 1.29 is 10.2 Å². The van der Waals surface area contributed by atoms with Crippen molar-refractivity contribution in [3.63, 3.8) is 0 Å². The van der Waals surface area contributed by atoms with Crippen LogP contribution in [0.15, 0.2) is 35.5 Å². The Hall–Kier alpha value is -2.84. The van der Waals surface area contributed by atoms with E-state index in [0.29, 0.717) is 34.5 Å². The van der Waals surface area contributed by atoms with Gasteiger partial charge in [0.15, 0.2) is 0 Å². The summed E-state index contributed by atoms with van der Waals surface area (Å²) in [5.41, 5.74) is 1.13. The third-order valence-corrected chi connectivity index (χ3v) is 4.57. The fraction of sp³-hybridized carbons (Fsp3) is 0.400. The Kier molecular flexibility index (Phi) is 5.44. The molecular weight excluding hydrogens is 358 g/mol. The zero-order chi connectivity index (χ0) is 20.5. The maximum Gasteiger partial charge on any atom is 0.264 e. The smallest absolute Gasteiger partial charge is 0.264 e. The third-order valence-electron chi connectivity index (χ3n) is 4.57. The Morgan fingerprint density at radius 3 is 2.64 bits per heavy atom. The van der Waals surface area contributed by atoms with Crippen molar-refractivity contribution in [2.45, 2.75) is 38.9 Å². The van der Waals surface area contributed by atoms with Gasteiger partial charge in [0.2, 0.25) is 0 Å². The van der Waals surface area contributed by atoms with Gasteiger partial charge in [0, 0.05) is 25.4 Å². The van der Waals surface area contributed by atoms with E-state index in [4.69, 9.17) is 0 Å². The number of aliphatic hydroxyl groups excluding tert-OH is 1.